The molecule has 1 saturated carbocycles. The molecule has 0 bridgehead atoms. The number of aromatic nitrogens is 3. The first-order chi connectivity index (χ1) is 18.0. The molecule has 8 heteroatoms. The highest BCUT2D eigenvalue weighted by atomic mass is 19.1. The fraction of sp³-hybridized carbons (Fsp3) is 0.207. The first kappa shape index (κ1) is 22.9. The van der Waals surface area contributed by atoms with Gasteiger partial charge in [0.2, 0.25) is 5.95 Å². The van der Waals surface area contributed by atoms with Crippen LogP contribution in [-0.4, -0.2) is 27.8 Å². The van der Waals surface area contributed by atoms with Crippen molar-refractivity contribution in [3.8, 4) is 22.9 Å². The van der Waals surface area contributed by atoms with Gasteiger partial charge >= 0.3 is 5.97 Å². The number of aromatic amines is 1. The zero-order valence-corrected chi connectivity index (χ0v) is 20.0. The number of methoxy groups -OCH3 is 1. The topological polar surface area (TPSA) is 83.7 Å². The fourth-order valence-electron chi connectivity index (χ4n) is 5.56. The number of H-pyrrole nitrogens is 1. The Morgan fingerprint density at radius 1 is 1.11 bits per heavy atom. The van der Waals surface area contributed by atoms with Crippen LogP contribution in [0, 0.1) is 23.1 Å². The number of halogens is 2. The van der Waals surface area contributed by atoms with Crippen molar-refractivity contribution in [3.05, 3.63) is 83.7 Å². The quantitative estimate of drug-likeness (QED) is 0.279. The lowest BCUT2D eigenvalue weighted by Crippen LogP contribution is -2.36. The summed E-state index contributed by atoms with van der Waals surface area (Å²) in [5.41, 5.74) is 4.64. The van der Waals surface area contributed by atoms with E-state index >= 15 is 0 Å². The normalized spacial score (nSPS) is 14.4. The number of carbonyl (C=O) groups is 1. The van der Waals surface area contributed by atoms with Crippen molar-refractivity contribution in [2.75, 3.05) is 7.11 Å². The summed E-state index contributed by atoms with van der Waals surface area (Å²) >= 11 is 0. The Bertz CT molecular complexity index is 1710. The molecule has 184 valence electrons. The molecular weight excluding hydrogens is 474 g/mol. The van der Waals surface area contributed by atoms with Gasteiger partial charge in [-0.1, -0.05) is 18.6 Å². The third-order valence-corrected chi connectivity index (χ3v) is 7.51. The Kier molecular flexibility index (Phi) is 5.30. The molecule has 2 heterocycles. The van der Waals surface area contributed by atoms with Crippen LogP contribution < -0.4 is 0 Å². The van der Waals surface area contributed by atoms with Crippen LogP contribution >= 0.6 is 0 Å². The molecule has 0 atom stereocenters. The molecule has 6 nitrogen and oxygen atoms in total. The monoisotopic (exact) mass is 496 g/mol. The Morgan fingerprint density at radius 2 is 1.84 bits per heavy atom. The average Bonchev–Trinajstić information content (AvgIpc) is 3.42. The van der Waals surface area contributed by atoms with Crippen molar-refractivity contribution in [1.29, 1.82) is 5.26 Å². The van der Waals surface area contributed by atoms with Gasteiger partial charge in [-0.3, -0.25) is 5.10 Å². The lowest BCUT2D eigenvalue weighted by molar-refractivity contribution is 0.0600. The average molecular weight is 497 g/mol. The number of benzene rings is 3. The molecule has 0 unspecified atom stereocenters. The highest BCUT2D eigenvalue weighted by Gasteiger charge is 2.44. The minimum atomic E-state index is -0.607. The van der Waals surface area contributed by atoms with Gasteiger partial charge in [0.15, 0.2) is 0 Å². The maximum Gasteiger partial charge on any atom is 0.337 e. The van der Waals surface area contributed by atoms with Gasteiger partial charge in [-0.25, -0.2) is 9.18 Å². The van der Waals surface area contributed by atoms with E-state index in [1.54, 1.807) is 30.3 Å². The molecule has 3 aromatic carbocycles. The molecule has 0 saturated heterocycles. The number of nitriles is 1. The number of esters is 1. The van der Waals surface area contributed by atoms with Gasteiger partial charge in [0, 0.05) is 34.2 Å². The molecule has 0 radical (unpaired) electrons. The van der Waals surface area contributed by atoms with Crippen LogP contribution in [-0.2, 0) is 10.2 Å². The van der Waals surface area contributed by atoms with Crippen LogP contribution in [0.25, 0.3) is 38.6 Å². The third kappa shape index (κ3) is 3.50. The molecule has 0 aliphatic heterocycles. The van der Waals surface area contributed by atoms with Gasteiger partial charge in [0.05, 0.1) is 35.2 Å². The second-order valence-electron chi connectivity index (χ2n) is 9.50. The highest BCUT2D eigenvalue weighted by Crippen LogP contribution is 2.53. The van der Waals surface area contributed by atoms with Crippen molar-refractivity contribution in [3.63, 3.8) is 0 Å². The first-order valence-electron chi connectivity index (χ1n) is 12.0. The van der Waals surface area contributed by atoms with E-state index in [4.69, 9.17) is 4.74 Å². The second kappa shape index (κ2) is 8.56. The van der Waals surface area contributed by atoms with Crippen molar-refractivity contribution >= 4 is 27.8 Å². The summed E-state index contributed by atoms with van der Waals surface area (Å²) in [6.45, 7) is 0. The van der Waals surface area contributed by atoms with Crippen molar-refractivity contribution < 1.29 is 18.3 Å². The minimum Gasteiger partial charge on any atom is -0.465 e. The van der Waals surface area contributed by atoms with Crippen LogP contribution in [0.15, 0.2) is 60.7 Å². The second-order valence-corrected chi connectivity index (χ2v) is 9.50. The van der Waals surface area contributed by atoms with Gasteiger partial charge in [-0.2, -0.15) is 9.65 Å². The van der Waals surface area contributed by atoms with Crippen molar-refractivity contribution in [2.24, 2.45) is 0 Å². The molecule has 1 aliphatic rings. The smallest absolute Gasteiger partial charge is 0.337 e. The van der Waals surface area contributed by atoms with Crippen LogP contribution in [0.2, 0.25) is 0 Å². The van der Waals surface area contributed by atoms with Crippen molar-refractivity contribution in [2.45, 2.75) is 31.1 Å². The number of hydrogen-bond acceptors (Lipinski definition) is 4. The maximum atomic E-state index is 14.6. The van der Waals surface area contributed by atoms with E-state index in [-0.39, 0.29) is 5.82 Å². The van der Waals surface area contributed by atoms with Gasteiger partial charge in [-0.15, -0.1) is 5.10 Å². The molecule has 1 N–H and O–H groups in total. The molecule has 1 fully saturated rings. The molecule has 0 amide bonds. The third-order valence-electron chi connectivity index (χ3n) is 7.51. The maximum absolute atomic E-state index is 14.6. The van der Waals surface area contributed by atoms with E-state index in [9.17, 15) is 18.8 Å². The Labute approximate surface area is 211 Å². The molecular formula is C29H22F2N4O2. The van der Waals surface area contributed by atoms with Gasteiger partial charge in [0.25, 0.3) is 0 Å². The van der Waals surface area contributed by atoms with E-state index in [1.807, 2.05) is 22.8 Å². The van der Waals surface area contributed by atoms with Gasteiger partial charge < -0.3 is 9.30 Å². The van der Waals surface area contributed by atoms with Crippen molar-refractivity contribution in [1.82, 2.24) is 14.8 Å². The Hall–Kier alpha value is -4.51. The summed E-state index contributed by atoms with van der Waals surface area (Å²) in [7, 11) is 1.34. The summed E-state index contributed by atoms with van der Waals surface area (Å²) in [4.78, 5) is 12.1. The Morgan fingerprint density at radius 3 is 2.46 bits per heavy atom. The van der Waals surface area contributed by atoms with Gasteiger partial charge in [-0.05, 0) is 66.9 Å². The molecule has 37 heavy (non-hydrogen) atoms. The summed E-state index contributed by atoms with van der Waals surface area (Å²) in [5.74, 6) is -1.40. The summed E-state index contributed by atoms with van der Waals surface area (Å²) < 4.78 is 35.4. The number of carbonyl (C=O) groups excluding carboxylic acids is 1. The minimum absolute atomic E-state index is 0.311. The molecule has 0 spiro atoms. The number of hydrogen-bond donors (Lipinski definition) is 1. The molecule has 5 aromatic rings. The number of rotatable bonds is 5. The summed E-state index contributed by atoms with van der Waals surface area (Å²) in [6.07, 6.45) is 2.93. The van der Waals surface area contributed by atoms with E-state index in [1.165, 1.54) is 19.2 Å². The van der Waals surface area contributed by atoms with Crippen LogP contribution in [0.5, 0.6) is 0 Å². The zero-order chi connectivity index (χ0) is 25.7. The van der Waals surface area contributed by atoms with E-state index in [0.717, 1.165) is 47.0 Å². The zero-order valence-electron chi connectivity index (χ0n) is 20.0. The lowest BCUT2D eigenvalue weighted by atomic mass is 9.63. The predicted octanol–water partition coefficient (Wildman–Crippen LogP) is 6.57. The van der Waals surface area contributed by atoms with Crippen LogP contribution in [0.3, 0.4) is 0 Å². The lowest BCUT2D eigenvalue weighted by Gasteiger charge is -2.42. The fourth-order valence-corrected chi connectivity index (χ4v) is 5.56. The predicted molar refractivity (Wildman–Crippen MR) is 135 cm³/mol. The largest absolute Gasteiger partial charge is 0.465 e. The first-order valence-corrected chi connectivity index (χ1v) is 12.0. The van der Waals surface area contributed by atoms with E-state index in [2.05, 4.69) is 16.3 Å². The summed E-state index contributed by atoms with van der Waals surface area (Å²) in [6, 6.07) is 19.3. The van der Waals surface area contributed by atoms with Crippen LogP contribution in [0.1, 0.15) is 41.7 Å². The molecule has 2 aromatic heterocycles. The number of nitrogens with zero attached hydrogens (tertiary/aromatic N) is 3. The number of nitrogens with one attached hydrogen (secondary N) is 1. The number of fused-ring (bicyclic) bond motifs is 2. The SMILES string of the molecule is COC(=O)c1ccc(-c2c(C3(CC#N)CCC3)n(-c3ccc(F)cc3)c3cc4c(F)n[nH]c4cc23)cc1. The number of ether oxygens (including phenoxy) is 1. The Balaban J connectivity index is 1.75. The standard InChI is InChI=1S/C29H22F2N4O2/c1-37-28(36)18-5-3-17(4-6-18)25-22-15-23-21(27(31)34-33-23)16-24(22)35(20-9-7-19(30)8-10-20)26(25)29(13-14-32)11-2-12-29/h3-10,15-16H,2,11-13H2,1H3,(H,33,34). The van der Waals surface area contributed by atoms with E-state index in [0.29, 0.717) is 28.6 Å². The van der Waals surface area contributed by atoms with E-state index < -0.39 is 17.3 Å². The molecule has 1 aliphatic carbocycles. The summed E-state index contributed by atoms with van der Waals surface area (Å²) in [5, 5.41) is 17.5. The molecule has 6 rings (SSSR count). The highest BCUT2D eigenvalue weighted by molar-refractivity contribution is 6.06. The van der Waals surface area contributed by atoms with Gasteiger partial charge in [0.1, 0.15) is 5.82 Å². The van der Waals surface area contributed by atoms with Crippen LogP contribution in [0.4, 0.5) is 8.78 Å².